The van der Waals surface area contributed by atoms with Gasteiger partial charge in [-0.3, -0.25) is 100 Å². The smallest absolute Gasteiger partial charge is 0.324 e. The summed E-state index contributed by atoms with van der Waals surface area (Å²) in [6, 6.07) is 59.8. The summed E-state index contributed by atoms with van der Waals surface area (Å²) in [6.45, 7) is 9.72. The predicted octanol–water partition coefficient (Wildman–Crippen LogP) is 17.9. The van der Waals surface area contributed by atoms with E-state index in [9.17, 15) is 24.0 Å². The third-order valence-electron chi connectivity index (χ3n) is 24.1. The molecule has 0 aliphatic heterocycles. The van der Waals surface area contributed by atoms with E-state index in [2.05, 4.69) is 178 Å². The zero-order valence-electron chi connectivity index (χ0n) is 77.4. The Kier molecular flexibility index (Phi) is 24.1. The lowest BCUT2D eigenvalue weighted by atomic mass is 10.1. The number of hydrogen-bond acceptors (Lipinski definition) is 30. The van der Waals surface area contributed by atoms with Crippen LogP contribution in [-0.4, -0.2) is 152 Å². The van der Waals surface area contributed by atoms with Crippen molar-refractivity contribution < 1.29 is 23.7 Å². The van der Waals surface area contributed by atoms with Crippen LogP contribution in [0.3, 0.4) is 0 Å². The Hall–Kier alpha value is -19.7. The van der Waals surface area contributed by atoms with Gasteiger partial charge in [0.2, 0.25) is 0 Å². The molecule has 7 aromatic carbocycles. The highest BCUT2D eigenvalue weighted by molar-refractivity contribution is 5.83. The molecular formula is C99H89N35O10. The highest BCUT2D eigenvalue weighted by Crippen LogP contribution is 2.44. The molecule has 4 aliphatic carbocycles. The molecule has 0 unspecified atom stereocenters. The van der Waals surface area contributed by atoms with Crippen molar-refractivity contribution in [2.24, 2.45) is 0 Å². The van der Waals surface area contributed by atoms with Crippen molar-refractivity contribution in [3.05, 3.63) is 309 Å². The van der Waals surface area contributed by atoms with Crippen molar-refractivity contribution >= 4 is 113 Å². The van der Waals surface area contributed by atoms with Gasteiger partial charge in [-0.15, -0.1) is 0 Å². The van der Waals surface area contributed by atoms with Crippen LogP contribution in [0.1, 0.15) is 126 Å². The quantitative estimate of drug-likeness (QED) is 0.0239. The molecule has 4 aliphatic rings. The van der Waals surface area contributed by atoms with Crippen molar-refractivity contribution in [3.63, 3.8) is 0 Å². The highest BCUT2D eigenvalue weighted by Gasteiger charge is 2.30. The van der Waals surface area contributed by atoms with E-state index in [1.165, 1.54) is 51.4 Å². The Bertz CT molecular complexity index is 8810. The Morgan fingerprint density at radius 3 is 1.06 bits per heavy atom. The molecule has 144 heavy (non-hydrogen) atoms. The summed E-state index contributed by atoms with van der Waals surface area (Å²) in [6.07, 6.45) is 13.0. The number of fused-ring (bicyclic) bond motifs is 5. The SMILES string of the molecule is Cc1cc(Nc2cc(-c3ccccc3C)nc(Oc3ccc4c(=O)[nH][nH]c4c3)n2)n[nH]1.Cc1cnc(Oc2ccc3c(=O)[nH][nH]c3c2)nc1Nc1cc(C2CC2)[nH]n1.Cc1nc(Oc2ccc3c(=O)[nH][nH]c3c2)nc(Nc2cc(C3CC3)[nH]n2)c1C.O=c1[nH][nH]c2cc(Oc3nc(Nc4cc(C5CC5)[nH]n4)cc(-c4ccccc4)n3)ccc12.O=c1[nH][nH]c2cc(Oc3nccc(Nc4cc(C5CC5)[nH]n4)n3)ccc12. The third-order valence-corrected chi connectivity index (χ3v) is 24.1. The monoisotopic (exact) mass is 1930 g/mol. The van der Waals surface area contributed by atoms with E-state index >= 15 is 0 Å². The second-order valence-corrected chi connectivity index (χ2v) is 34.9. The lowest BCUT2D eigenvalue weighted by molar-refractivity contribution is 0.441. The van der Waals surface area contributed by atoms with Crippen LogP contribution in [0.15, 0.2) is 230 Å². The third kappa shape index (κ3) is 20.9. The minimum Gasteiger partial charge on any atom is -0.424 e. The lowest BCUT2D eigenvalue weighted by Crippen LogP contribution is -2.03. The molecule has 0 radical (unpaired) electrons. The topological polar surface area (TPSA) is 622 Å². The average Bonchev–Trinajstić information content (AvgIpc) is 1.70. The van der Waals surface area contributed by atoms with E-state index in [1.54, 1.807) is 109 Å². The van der Waals surface area contributed by atoms with Crippen LogP contribution in [0.5, 0.6) is 58.8 Å². The van der Waals surface area contributed by atoms with E-state index in [-0.39, 0.29) is 57.8 Å². The van der Waals surface area contributed by atoms with Crippen molar-refractivity contribution in [3.8, 4) is 81.3 Å². The van der Waals surface area contributed by atoms with E-state index in [0.29, 0.717) is 165 Å². The molecule has 0 spiro atoms. The van der Waals surface area contributed by atoms with Gasteiger partial charge in [-0.2, -0.15) is 65.4 Å². The van der Waals surface area contributed by atoms with Gasteiger partial charge in [0.25, 0.3) is 27.8 Å². The molecule has 15 aromatic heterocycles. The van der Waals surface area contributed by atoms with Crippen LogP contribution in [-0.2, 0) is 0 Å². The standard InChI is InChI=1S/C23H19N7O2.C22H19N7O2.C19H19N7O2.C18H17N7O2.C17H15N7O2/c31-22-16-9-8-15(10-19(16)28-30-22)32-23-24-17(13-4-2-1-3-5-13)11-20(26-23)25-21-12-18(27-29-21)14-6-7-14;1-12-5-3-4-6-15(12)17-11-19(24-20-9-13(2)26-28-20)25-22(23-17)31-14-7-8-16-18(10-14)27-29-21(16)30;1-9-10(2)20-19(28-12-5-6-13-15(7-12)24-26-18(13)27)22-17(9)21-16-8-14(23-25-16)11-3-4-11;1-9-8-19-18(27-11-4-5-12-14(6-11)23-25-17(12)26)21-16(9)20-15-7-13(22-24-15)10-2-3-10;25-16-11-4-3-10(7-13(11)22-24-16)26-17-18-6-5-14(20-17)19-15-8-12(21-23-15)9-1-2-9/h1-5,8-12,14H,6-7H2,(H2,28,30,31)(H2,24,25,26,27,29);3-11H,1-2H3,(H2,27,29,30)(H2,23,24,25,26,28);5-8,11H,3-4H2,1-2H3,(H2,24,26,27)(H2,20,21,22,23,25);4-8,10H,2-3H2,1H3,(H2,23,25,26)(H2,19,20,21,22,24);3-9H,1-2H2,(H2,22,24,25)(H2,18,19,20,21,23). The average molecular weight is 1930 g/mol. The normalized spacial score (nSPS) is 13.1. The van der Waals surface area contributed by atoms with E-state index < -0.39 is 0 Å². The first kappa shape index (κ1) is 89.5. The summed E-state index contributed by atoms with van der Waals surface area (Å²) in [5, 5.41) is 82.2. The summed E-state index contributed by atoms with van der Waals surface area (Å²) in [5.41, 5.74) is 15.0. The number of aromatic amines is 15. The van der Waals surface area contributed by atoms with Gasteiger partial charge in [-0.25, -0.2) is 9.97 Å². The van der Waals surface area contributed by atoms with Crippen molar-refractivity contribution in [1.29, 1.82) is 0 Å². The molecule has 4 saturated carbocycles. The number of ether oxygens (including phenoxy) is 5. The molecule has 26 rings (SSSR count). The number of anilines is 10. The Balaban J connectivity index is 0.000000103. The maximum Gasteiger partial charge on any atom is 0.324 e. The molecule has 45 nitrogen and oxygen atoms in total. The number of rotatable bonds is 26. The van der Waals surface area contributed by atoms with Gasteiger partial charge in [0.1, 0.15) is 57.8 Å². The Morgan fingerprint density at radius 2 is 0.639 bits per heavy atom. The lowest BCUT2D eigenvalue weighted by Gasteiger charge is -2.11. The highest BCUT2D eigenvalue weighted by atomic mass is 16.5. The number of nitrogens with one attached hydrogen (secondary N) is 20. The minimum absolute atomic E-state index is 0.167. The summed E-state index contributed by atoms with van der Waals surface area (Å²) in [5.74, 6) is 11.5. The van der Waals surface area contributed by atoms with Crippen molar-refractivity contribution in [2.45, 2.75) is 110 Å². The van der Waals surface area contributed by atoms with Crippen LogP contribution in [0.25, 0.3) is 77.0 Å². The van der Waals surface area contributed by atoms with Crippen molar-refractivity contribution in [2.75, 3.05) is 26.6 Å². The van der Waals surface area contributed by atoms with Crippen LogP contribution >= 0.6 is 0 Å². The molecule has 720 valence electrons. The van der Waals surface area contributed by atoms with Crippen LogP contribution in [0.2, 0.25) is 0 Å². The molecule has 4 fully saturated rings. The summed E-state index contributed by atoms with van der Waals surface area (Å²) in [7, 11) is 0. The molecule has 0 atom stereocenters. The van der Waals surface area contributed by atoms with Gasteiger partial charge in [0, 0.05) is 165 Å². The Labute approximate surface area is 810 Å². The molecular weight excluding hydrogens is 1840 g/mol. The molecule has 0 amide bonds. The fourth-order valence-corrected chi connectivity index (χ4v) is 15.7. The van der Waals surface area contributed by atoms with Gasteiger partial charge in [-0.1, -0.05) is 54.6 Å². The molecule has 45 heteroatoms. The molecule has 0 bridgehead atoms. The predicted molar refractivity (Wildman–Crippen MR) is 537 cm³/mol. The minimum atomic E-state index is -0.180. The number of H-pyrrole nitrogens is 15. The largest absolute Gasteiger partial charge is 0.424 e. The van der Waals surface area contributed by atoms with Crippen LogP contribution in [0, 0.1) is 34.6 Å². The maximum atomic E-state index is 11.7. The number of hydrogen-bond donors (Lipinski definition) is 20. The molecule has 22 aromatic rings. The van der Waals surface area contributed by atoms with E-state index in [1.807, 2.05) is 132 Å². The van der Waals surface area contributed by atoms with E-state index in [4.69, 9.17) is 23.7 Å². The molecule has 0 saturated heterocycles. The van der Waals surface area contributed by atoms with Gasteiger partial charge < -0.3 is 50.3 Å². The van der Waals surface area contributed by atoms with Crippen LogP contribution in [0.4, 0.5) is 58.2 Å². The molecule has 15 heterocycles. The van der Waals surface area contributed by atoms with Gasteiger partial charge in [-0.05, 0) is 158 Å². The number of aromatic nitrogens is 30. The van der Waals surface area contributed by atoms with Gasteiger partial charge in [0.15, 0.2) is 29.1 Å². The van der Waals surface area contributed by atoms with Gasteiger partial charge in [0.05, 0.1) is 65.9 Å². The van der Waals surface area contributed by atoms with Gasteiger partial charge >= 0.3 is 30.1 Å². The number of aryl methyl sites for hydroxylation is 4. The first-order valence-electron chi connectivity index (χ1n) is 46.1. The fraction of sp³-hybridized carbons (Fsp3) is 0.172. The summed E-state index contributed by atoms with van der Waals surface area (Å²) in [4.78, 5) is 103. The first-order chi connectivity index (χ1) is 70.2. The first-order valence-corrected chi connectivity index (χ1v) is 46.1. The molecule has 20 N–H and O–H groups in total. The number of nitrogens with zero attached hydrogens (tertiary/aromatic N) is 15. The zero-order chi connectivity index (χ0) is 98.0. The number of benzene rings is 7. The van der Waals surface area contributed by atoms with E-state index in [0.717, 1.165) is 73.6 Å². The van der Waals surface area contributed by atoms with Crippen molar-refractivity contribution in [1.82, 2.24) is 152 Å². The van der Waals surface area contributed by atoms with Crippen LogP contribution < -0.4 is 78.1 Å². The Morgan fingerprint density at radius 1 is 0.285 bits per heavy atom. The second-order valence-electron chi connectivity index (χ2n) is 34.9. The fourth-order valence-electron chi connectivity index (χ4n) is 15.7. The second kappa shape index (κ2) is 38.7. The zero-order valence-corrected chi connectivity index (χ0v) is 77.4. The summed E-state index contributed by atoms with van der Waals surface area (Å²) < 4.78 is 29.2. The maximum absolute atomic E-state index is 11.7. The summed E-state index contributed by atoms with van der Waals surface area (Å²) >= 11 is 0.